The van der Waals surface area contributed by atoms with E-state index in [1.165, 1.54) is 0 Å². The first-order valence-corrected chi connectivity index (χ1v) is 9.19. The Hall–Kier alpha value is -2.34. The van der Waals surface area contributed by atoms with E-state index in [9.17, 15) is 4.79 Å². The van der Waals surface area contributed by atoms with Crippen LogP contribution in [0.5, 0.6) is 0 Å². The predicted molar refractivity (Wildman–Crippen MR) is 105 cm³/mol. The Morgan fingerprint density at radius 1 is 1.19 bits per heavy atom. The van der Waals surface area contributed by atoms with E-state index in [0.717, 1.165) is 43.1 Å². The first-order chi connectivity index (χ1) is 12.5. The van der Waals surface area contributed by atoms with Crippen molar-refractivity contribution in [1.29, 1.82) is 0 Å². The van der Waals surface area contributed by atoms with E-state index in [2.05, 4.69) is 20.4 Å². The van der Waals surface area contributed by atoms with Gasteiger partial charge >= 0.3 is 0 Å². The standard InChI is InChI=1S/C19H24ClN5O/c1-24(2)17-7-8-18(23-22-17)25-11-9-14(10-12-25)19(26)21-13-15-5-3-4-6-16(15)20/h3-8,14H,9-13H2,1-2H3,(H,21,26). The van der Waals surface area contributed by atoms with Gasteiger partial charge in [-0.1, -0.05) is 29.8 Å². The normalized spacial score (nSPS) is 15.0. The Morgan fingerprint density at radius 2 is 1.92 bits per heavy atom. The molecular weight excluding hydrogens is 350 g/mol. The number of rotatable bonds is 5. The van der Waals surface area contributed by atoms with E-state index in [1.54, 1.807) is 0 Å². The van der Waals surface area contributed by atoms with Crippen LogP contribution < -0.4 is 15.1 Å². The summed E-state index contributed by atoms with van der Waals surface area (Å²) in [5, 5.41) is 12.2. The number of carbonyl (C=O) groups excluding carboxylic acids is 1. The SMILES string of the molecule is CN(C)c1ccc(N2CCC(C(=O)NCc3ccccc3Cl)CC2)nn1. The zero-order chi connectivity index (χ0) is 18.5. The maximum absolute atomic E-state index is 12.4. The molecule has 0 aliphatic carbocycles. The molecule has 0 atom stereocenters. The van der Waals surface area contributed by atoms with E-state index in [0.29, 0.717) is 11.6 Å². The molecule has 7 heteroatoms. The summed E-state index contributed by atoms with van der Waals surface area (Å²) in [5.41, 5.74) is 0.941. The fraction of sp³-hybridized carbons (Fsp3) is 0.421. The Morgan fingerprint density at radius 3 is 2.54 bits per heavy atom. The molecule has 0 unspecified atom stereocenters. The molecule has 1 aliphatic heterocycles. The van der Waals surface area contributed by atoms with Gasteiger partial charge in [0.1, 0.15) is 0 Å². The number of aromatic nitrogens is 2. The number of hydrogen-bond donors (Lipinski definition) is 1. The molecule has 0 radical (unpaired) electrons. The van der Waals surface area contributed by atoms with Crippen molar-refractivity contribution in [2.75, 3.05) is 37.0 Å². The molecular formula is C19H24ClN5O. The molecule has 2 heterocycles. The summed E-state index contributed by atoms with van der Waals surface area (Å²) in [4.78, 5) is 16.5. The summed E-state index contributed by atoms with van der Waals surface area (Å²) in [6.45, 7) is 2.08. The third kappa shape index (κ3) is 4.43. The molecule has 6 nitrogen and oxygen atoms in total. The summed E-state index contributed by atoms with van der Waals surface area (Å²) in [6, 6.07) is 11.5. The van der Waals surface area contributed by atoms with Gasteiger partial charge in [-0.25, -0.2) is 0 Å². The van der Waals surface area contributed by atoms with Crippen LogP contribution in [-0.2, 0) is 11.3 Å². The first kappa shape index (κ1) is 18.5. The fourth-order valence-corrected chi connectivity index (χ4v) is 3.27. The third-order valence-electron chi connectivity index (χ3n) is 4.70. The van der Waals surface area contributed by atoms with E-state index in [-0.39, 0.29) is 11.8 Å². The number of halogens is 1. The van der Waals surface area contributed by atoms with Crippen LogP contribution in [0.2, 0.25) is 5.02 Å². The topological polar surface area (TPSA) is 61.4 Å². The number of amides is 1. The van der Waals surface area contributed by atoms with Crippen LogP contribution in [0.1, 0.15) is 18.4 Å². The van der Waals surface area contributed by atoms with Gasteiger partial charge in [-0.05, 0) is 36.6 Å². The van der Waals surface area contributed by atoms with Crippen molar-refractivity contribution in [3.05, 3.63) is 47.0 Å². The Kier molecular flexibility index (Phi) is 5.93. The van der Waals surface area contributed by atoms with Gasteiger partial charge in [0.05, 0.1) is 0 Å². The van der Waals surface area contributed by atoms with E-state index < -0.39 is 0 Å². The van der Waals surface area contributed by atoms with Crippen LogP contribution in [0.3, 0.4) is 0 Å². The van der Waals surface area contributed by atoms with Crippen molar-refractivity contribution in [3.63, 3.8) is 0 Å². The highest BCUT2D eigenvalue weighted by Crippen LogP contribution is 2.23. The molecule has 0 saturated carbocycles. The second-order valence-corrected chi connectivity index (χ2v) is 7.12. The molecule has 1 aromatic heterocycles. The van der Waals surface area contributed by atoms with Gasteiger partial charge in [0.2, 0.25) is 5.91 Å². The highest BCUT2D eigenvalue weighted by Gasteiger charge is 2.25. The minimum absolute atomic E-state index is 0.0303. The van der Waals surface area contributed by atoms with Crippen molar-refractivity contribution in [1.82, 2.24) is 15.5 Å². The van der Waals surface area contributed by atoms with Crippen LogP contribution in [0, 0.1) is 5.92 Å². The number of piperidine rings is 1. The molecule has 1 N–H and O–H groups in total. The van der Waals surface area contributed by atoms with Crippen LogP contribution in [0.25, 0.3) is 0 Å². The zero-order valence-electron chi connectivity index (χ0n) is 15.2. The van der Waals surface area contributed by atoms with Crippen LogP contribution >= 0.6 is 11.6 Å². The number of anilines is 2. The number of nitrogens with zero attached hydrogens (tertiary/aromatic N) is 4. The van der Waals surface area contributed by atoms with Gasteiger partial charge in [0.15, 0.2) is 11.6 Å². The molecule has 1 saturated heterocycles. The Balaban J connectivity index is 1.50. The van der Waals surface area contributed by atoms with E-state index >= 15 is 0 Å². The maximum Gasteiger partial charge on any atom is 0.223 e. The van der Waals surface area contributed by atoms with Crippen molar-refractivity contribution >= 4 is 29.1 Å². The van der Waals surface area contributed by atoms with Gasteiger partial charge in [-0.2, -0.15) is 0 Å². The van der Waals surface area contributed by atoms with Crippen molar-refractivity contribution in [2.45, 2.75) is 19.4 Å². The highest BCUT2D eigenvalue weighted by molar-refractivity contribution is 6.31. The molecule has 2 aromatic rings. The summed E-state index contributed by atoms with van der Waals surface area (Å²) >= 11 is 6.14. The number of carbonyl (C=O) groups is 1. The lowest BCUT2D eigenvalue weighted by Gasteiger charge is -2.32. The van der Waals surface area contributed by atoms with Gasteiger partial charge in [0, 0.05) is 44.7 Å². The second-order valence-electron chi connectivity index (χ2n) is 6.71. The average Bonchev–Trinajstić information content (AvgIpc) is 2.67. The summed E-state index contributed by atoms with van der Waals surface area (Å²) < 4.78 is 0. The number of nitrogens with one attached hydrogen (secondary N) is 1. The summed E-state index contributed by atoms with van der Waals surface area (Å²) in [5.74, 6) is 1.83. The highest BCUT2D eigenvalue weighted by atomic mass is 35.5. The van der Waals surface area contributed by atoms with Crippen molar-refractivity contribution in [2.24, 2.45) is 5.92 Å². The summed E-state index contributed by atoms with van der Waals surface area (Å²) in [7, 11) is 3.88. The quantitative estimate of drug-likeness (QED) is 0.873. The number of benzene rings is 1. The lowest BCUT2D eigenvalue weighted by molar-refractivity contribution is -0.125. The third-order valence-corrected chi connectivity index (χ3v) is 5.06. The zero-order valence-corrected chi connectivity index (χ0v) is 15.9. The molecule has 0 bridgehead atoms. The monoisotopic (exact) mass is 373 g/mol. The second kappa shape index (κ2) is 8.36. The minimum atomic E-state index is 0.0303. The van der Waals surface area contributed by atoms with Gasteiger partial charge in [-0.15, -0.1) is 10.2 Å². The first-order valence-electron chi connectivity index (χ1n) is 8.81. The largest absolute Gasteiger partial charge is 0.361 e. The predicted octanol–water partition coefficient (Wildman–Crippen LogP) is 2.73. The lowest BCUT2D eigenvalue weighted by Crippen LogP contribution is -2.40. The van der Waals surface area contributed by atoms with Crippen LogP contribution in [-0.4, -0.2) is 43.3 Å². The average molecular weight is 374 g/mol. The Labute approximate surface area is 159 Å². The van der Waals surface area contributed by atoms with E-state index in [1.807, 2.05) is 55.4 Å². The molecule has 1 amide bonds. The molecule has 3 rings (SSSR count). The molecule has 0 spiro atoms. The van der Waals surface area contributed by atoms with Gasteiger partial charge in [-0.3, -0.25) is 4.79 Å². The van der Waals surface area contributed by atoms with Crippen molar-refractivity contribution in [3.8, 4) is 0 Å². The fourth-order valence-electron chi connectivity index (χ4n) is 3.06. The molecule has 26 heavy (non-hydrogen) atoms. The van der Waals surface area contributed by atoms with Gasteiger partial charge in [0.25, 0.3) is 0 Å². The molecule has 1 fully saturated rings. The lowest BCUT2D eigenvalue weighted by atomic mass is 9.96. The van der Waals surface area contributed by atoms with Gasteiger partial charge < -0.3 is 15.1 Å². The van der Waals surface area contributed by atoms with Crippen molar-refractivity contribution < 1.29 is 4.79 Å². The van der Waals surface area contributed by atoms with E-state index in [4.69, 9.17) is 11.6 Å². The Bertz CT molecular complexity index is 742. The van der Waals surface area contributed by atoms with Crippen LogP contribution in [0.15, 0.2) is 36.4 Å². The molecule has 1 aromatic carbocycles. The maximum atomic E-state index is 12.4. The smallest absolute Gasteiger partial charge is 0.223 e. The summed E-state index contributed by atoms with van der Waals surface area (Å²) in [6.07, 6.45) is 1.62. The molecule has 138 valence electrons. The number of hydrogen-bond acceptors (Lipinski definition) is 5. The molecule has 1 aliphatic rings. The minimum Gasteiger partial charge on any atom is -0.361 e. The van der Waals surface area contributed by atoms with Crippen LogP contribution in [0.4, 0.5) is 11.6 Å².